The molecule has 0 aromatic carbocycles. The molecule has 2 N–H and O–H groups in total. The van der Waals surface area contributed by atoms with Gasteiger partial charge >= 0.3 is 0 Å². The lowest BCUT2D eigenvalue weighted by atomic mass is 10.2. The van der Waals surface area contributed by atoms with Crippen LogP contribution in [0.1, 0.15) is 6.42 Å². The first-order valence-electron chi connectivity index (χ1n) is 3.42. The minimum absolute atomic E-state index is 0.0881. The Morgan fingerprint density at radius 3 is 2.91 bits per heavy atom. The monoisotopic (exact) mass is 153 g/mol. The van der Waals surface area contributed by atoms with E-state index in [0.717, 1.165) is 0 Å². The van der Waals surface area contributed by atoms with Crippen LogP contribution in [0.5, 0.6) is 0 Å². The molecule has 4 heteroatoms. The first-order valence-corrected chi connectivity index (χ1v) is 3.42. The summed E-state index contributed by atoms with van der Waals surface area (Å²) in [5.74, 6) is 0.0881. The van der Waals surface area contributed by atoms with Gasteiger partial charge in [0.1, 0.15) is 6.17 Å². The van der Waals surface area contributed by atoms with Crippen molar-refractivity contribution >= 4 is 12.1 Å². The van der Waals surface area contributed by atoms with Gasteiger partial charge in [-0.15, -0.1) is 0 Å². The molecule has 0 radical (unpaired) electrons. The average molecular weight is 153 g/mol. The third-order valence-corrected chi connectivity index (χ3v) is 1.62. The topological polar surface area (TPSA) is 56.2 Å². The molecule has 1 rings (SSSR count). The minimum atomic E-state index is 0.0881. The summed E-state index contributed by atoms with van der Waals surface area (Å²) in [5.41, 5.74) is 0. The molecule has 0 aromatic rings. The van der Waals surface area contributed by atoms with Gasteiger partial charge in [0, 0.05) is 19.5 Å². The maximum absolute atomic E-state index is 10.5. The number of hydrogen-bond donors (Lipinski definition) is 2. The summed E-state index contributed by atoms with van der Waals surface area (Å²) in [5, 5.41) is 9.44. The minimum Gasteiger partial charge on any atom is -0.360 e. The van der Waals surface area contributed by atoms with Crippen molar-refractivity contribution in [2.24, 2.45) is 0 Å². The first kappa shape index (κ1) is 7.78. The average Bonchev–Trinajstić information content (AvgIpc) is 1.94. The van der Waals surface area contributed by atoms with Crippen LogP contribution >= 0.6 is 0 Å². The number of β-lactam (4-membered cyclic amide) rings is 1. The molecule has 0 aliphatic carbocycles. The molecule has 0 spiro atoms. The molecular formula is C7H11N3O. The Balaban J connectivity index is 2.31. The Morgan fingerprint density at radius 1 is 1.82 bits per heavy atom. The lowest BCUT2D eigenvalue weighted by Crippen LogP contribution is -2.55. The van der Waals surface area contributed by atoms with Crippen molar-refractivity contribution in [2.75, 3.05) is 7.05 Å². The molecule has 1 amide bonds. The SMILES string of the molecule is CN(/C=C\C=N)[C@H]1CC(=O)N1. The van der Waals surface area contributed by atoms with E-state index < -0.39 is 0 Å². The summed E-state index contributed by atoms with van der Waals surface area (Å²) >= 11 is 0. The van der Waals surface area contributed by atoms with Crippen LogP contribution in [0, 0.1) is 5.41 Å². The third-order valence-electron chi connectivity index (χ3n) is 1.62. The van der Waals surface area contributed by atoms with Gasteiger partial charge in [-0.3, -0.25) is 4.79 Å². The molecule has 60 valence electrons. The molecule has 1 heterocycles. The Hall–Kier alpha value is -1.32. The lowest BCUT2D eigenvalue weighted by Gasteiger charge is -2.34. The maximum atomic E-state index is 10.5. The van der Waals surface area contributed by atoms with Crippen LogP contribution in [0.15, 0.2) is 12.3 Å². The Bertz CT molecular complexity index is 192. The van der Waals surface area contributed by atoms with E-state index >= 15 is 0 Å². The van der Waals surface area contributed by atoms with Crippen molar-refractivity contribution in [3.8, 4) is 0 Å². The number of nitrogens with one attached hydrogen (secondary N) is 2. The molecule has 0 bridgehead atoms. The molecule has 1 atom stereocenters. The highest BCUT2D eigenvalue weighted by molar-refractivity contribution is 5.82. The van der Waals surface area contributed by atoms with Crippen molar-refractivity contribution in [1.82, 2.24) is 10.2 Å². The van der Waals surface area contributed by atoms with Gasteiger partial charge in [0.25, 0.3) is 0 Å². The van der Waals surface area contributed by atoms with Crippen LogP contribution in [0.2, 0.25) is 0 Å². The summed E-state index contributed by atoms with van der Waals surface area (Å²) in [6.07, 6.45) is 5.26. The number of amides is 1. The second kappa shape index (κ2) is 3.18. The number of nitrogens with zero attached hydrogens (tertiary/aromatic N) is 1. The highest BCUT2D eigenvalue weighted by Gasteiger charge is 2.26. The number of carbonyl (C=O) groups is 1. The van der Waals surface area contributed by atoms with Crippen molar-refractivity contribution in [1.29, 1.82) is 5.41 Å². The van der Waals surface area contributed by atoms with E-state index in [0.29, 0.717) is 6.42 Å². The Kier molecular flexibility index (Phi) is 2.25. The van der Waals surface area contributed by atoms with Crippen LogP contribution in [0.3, 0.4) is 0 Å². The standard InChI is InChI=1S/C7H11N3O/c1-10(4-2-3-8)6-5-7(11)9-6/h2-4,6,8H,5H2,1H3,(H,9,11)/b4-2-,8-3?/t6-/m0/s1. The quantitative estimate of drug-likeness (QED) is 0.440. The summed E-state index contributed by atoms with van der Waals surface area (Å²) in [4.78, 5) is 12.3. The van der Waals surface area contributed by atoms with Gasteiger partial charge in [0.2, 0.25) is 5.91 Å². The number of carbonyl (C=O) groups excluding carboxylic acids is 1. The van der Waals surface area contributed by atoms with Gasteiger partial charge in [0.15, 0.2) is 0 Å². The van der Waals surface area contributed by atoms with Crippen LogP contribution in [0.25, 0.3) is 0 Å². The molecule has 1 fully saturated rings. The normalized spacial score (nSPS) is 22.6. The summed E-state index contributed by atoms with van der Waals surface area (Å²) in [7, 11) is 1.87. The zero-order valence-electron chi connectivity index (χ0n) is 6.37. The molecule has 1 aliphatic heterocycles. The van der Waals surface area contributed by atoms with E-state index in [1.807, 2.05) is 11.9 Å². The number of allylic oxidation sites excluding steroid dienone is 1. The molecule has 1 aliphatic rings. The van der Waals surface area contributed by atoms with Crippen LogP contribution in [-0.2, 0) is 4.79 Å². The molecule has 11 heavy (non-hydrogen) atoms. The van der Waals surface area contributed by atoms with Gasteiger partial charge < -0.3 is 15.6 Å². The fourth-order valence-corrected chi connectivity index (χ4v) is 0.869. The second-order valence-electron chi connectivity index (χ2n) is 2.46. The molecular weight excluding hydrogens is 142 g/mol. The van der Waals surface area contributed by atoms with E-state index in [4.69, 9.17) is 5.41 Å². The Labute approximate surface area is 65.4 Å². The van der Waals surface area contributed by atoms with E-state index in [-0.39, 0.29) is 12.1 Å². The number of hydrogen-bond acceptors (Lipinski definition) is 3. The van der Waals surface area contributed by atoms with E-state index in [9.17, 15) is 4.79 Å². The fraction of sp³-hybridized carbons (Fsp3) is 0.429. The summed E-state index contributed by atoms with van der Waals surface area (Å²) in [6.45, 7) is 0. The van der Waals surface area contributed by atoms with Gasteiger partial charge in [-0.05, 0) is 6.08 Å². The first-order chi connectivity index (χ1) is 5.24. The van der Waals surface area contributed by atoms with Gasteiger partial charge in [-0.2, -0.15) is 0 Å². The predicted molar refractivity (Wildman–Crippen MR) is 42.2 cm³/mol. The van der Waals surface area contributed by atoms with Crippen molar-refractivity contribution in [2.45, 2.75) is 12.6 Å². The van der Waals surface area contributed by atoms with Gasteiger partial charge in [0.05, 0.1) is 6.42 Å². The number of rotatable bonds is 3. The Morgan fingerprint density at radius 2 is 2.45 bits per heavy atom. The maximum Gasteiger partial charge on any atom is 0.225 e. The summed E-state index contributed by atoms with van der Waals surface area (Å²) in [6, 6.07) is 0. The zero-order valence-corrected chi connectivity index (χ0v) is 6.37. The smallest absolute Gasteiger partial charge is 0.225 e. The highest BCUT2D eigenvalue weighted by Crippen LogP contribution is 2.07. The van der Waals surface area contributed by atoms with Crippen LogP contribution in [-0.4, -0.2) is 30.2 Å². The van der Waals surface area contributed by atoms with Gasteiger partial charge in [-0.1, -0.05) is 0 Å². The zero-order chi connectivity index (χ0) is 8.27. The predicted octanol–water partition coefficient (Wildman–Crippen LogP) is -0.0725. The fourth-order valence-electron chi connectivity index (χ4n) is 0.869. The van der Waals surface area contributed by atoms with E-state index in [2.05, 4.69) is 5.32 Å². The van der Waals surface area contributed by atoms with Crippen molar-refractivity contribution < 1.29 is 4.79 Å². The second-order valence-corrected chi connectivity index (χ2v) is 2.46. The van der Waals surface area contributed by atoms with Crippen LogP contribution in [0.4, 0.5) is 0 Å². The largest absolute Gasteiger partial charge is 0.360 e. The molecule has 1 saturated heterocycles. The van der Waals surface area contributed by atoms with E-state index in [1.54, 1.807) is 12.3 Å². The van der Waals surface area contributed by atoms with Crippen LogP contribution < -0.4 is 5.32 Å². The molecule has 0 aromatic heterocycles. The molecule has 0 saturated carbocycles. The molecule has 4 nitrogen and oxygen atoms in total. The third kappa shape index (κ3) is 1.80. The highest BCUT2D eigenvalue weighted by atomic mass is 16.2. The van der Waals surface area contributed by atoms with Gasteiger partial charge in [-0.25, -0.2) is 0 Å². The summed E-state index contributed by atoms with van der Waals surface area (Å²) < 4.78 is 0. The van der Waals surface area contributed by atoms with Crippen molar-refractivity contribution in [3.63, 3.8) is 0 Å². The van der Waals surface area contributed by atoms with Crippen molar-refractivity contribution in [3.05, 3.63) is 12.3 Å². The lowest BCUT2D eigenvalue weighted by molar-refractivity contribution is -0.131. The van der Waals surface area contributed by atoms with E-state index in [1.165, 1.54) is 6.21 Å². The molecule has 0 unspecified atom stereocenters.